The smallest absolute Gasteiger partial charge is 0.338 e. The van der Waals surface area contributed by atoms with Gasteiger partial charge < -0.3 is 10.1 Å². The molecule has 0 atom stereocenters. The van der Waals surface area contributed by atoms with Crippen LogP contribution in [0.25, 0.3) is 0 Å². The number of amides is 1. The molecule has 0 saturated carbocycles. The first-order valence-corrected chi connectivity index (χ1v) is 7.58. The van der Waals surface area contributed by atoms with Gasteiger partial charge in [0.15, 0.2) is 6.61 Å². The lowest BCUT2D eigenvalue weighted by Gasteiger charge is -2.08. The van der Waals surface area contributed by atoms with Crippen LogP contribution in [0.1, 0.15) is 27.0 Å². The number of carbonyl (C=O) groups excluding carboxylic acids is 2. The highest BCUT2D eigenvalue weighted by molar-refractivity contribution is 5.91. The summed E-state index contributed by atoms with van der Waals surface area (Å²) in [7, 11) is 0. The molecule has 0 aliphatic heterocycles. The Hall–Kier alpha value is -3.13. The Morgan fingerprint density at radius 1 is 1.12 bits per heavy atom. The predicted octanol–water partition coefficient (Wildman–Crippen LogP) is 2.38. The standard InChI is InChI=1S/C19H18N2O3/c1-14-4-2-3-5-16(14)10-11-21-18(22)13-24-19(23)17-8-6-15(12-20)7-9-17/h2-9H,10-11,13H2,1H3,(H,21,22). The van der Waals surface area contributed by atoms with Gasteiger partial charge in [0.2, 0.25) is 0 Å². The number of rotatable bonds is 6. The van der Waals surface area contributed by atoms with E-state index in [1.54, 1.807) is 0 Å². The van der Waals surface area contributed by atoms with Crippen LogP contribution in [-0.4, -0.2) is 25.0 Å². The van der Waals surface area contributed by atoms with Crippen molar-refractivity contribution in [1.82, 2.24) is 5.32 Å². The lowest BCUT2D eigenvalue weighted by Crippen LogP contribution is -2.30. The van der Waals surface area contributed by atoms with Crippen molar-refractivity contribution in [2.24, 2.45) is 0 Å². The van der Waals surface area contributed by atoms with E-state index in [2.05, 4.69) is 5.32 Å². The first kappa shape index (κ1) is 17.2. The van der Waals surface area contributed by atoms with Crippen molar-refractivity contribution >= 4 is 11.9 Å². The van der Waals surface area contributed by atoms with Gasteiger partial charge in [0.1, 0.15) is 0 Å². The molecule has 2 aromatic carbocycles. The van der Waals surface area contributed by atoms with Crippen LogP contribution in [0.3, 0.4) is 0 Å². The summed E-state index contributed by atoms with van der Waals surface area (Å²) >= 11 is 0. The van der Waals surface area contributed by atoms with E-state index in [1.165, 1.54) is 35.4 Å². The molecule has 0 aliphatic carbocycles. The number of hydrogen-bond acceptors (Lipinski definition) is 4. The lowest BCUT2D eigenvalue weighted by atomic mass is 10.1. The van der Waals surface area contributed by atoms with Crippen molar-refractivity contribution in [3.05, 3.63) is 70.8 Å². The van der Waals surface area contributed by atoms with Gasteiger partial charge in [-0.3, -0.25) is 4.79 Å². The summed E-state index contributed by atoms with van der Waals surface area (Å²) in [6.07, 6.45) is 0.724. The fourth-order valence-corrected chi connectivity index (χ4v) is 2.17. The molecule has 0 radical (unpaired) electrons. The number of nitrogens with zero attached hydrogens (tertiary/aromatic N) is 1. The molecule has 2 aromatic rings. The monoisotopic (exact) mass is 322 g/mol. The average Bonchev–Trinajstić information content (AvgIpc) is 2.61. The number of hydrogen-bond donors (Lipinski definition) is 1. The molecule has 5 heteroatoms. The van der Waals surface area contributed by atoms with Gasteiger partial charge >= 0.3 is 5.97 Å². The van der Waals surface area contributed by atoms with Crippen LogP contribution >= 0.6 is 0 Å². The Balaban J connectivity index is 1.73. The second-order valence-corrected chi connectivity index (χ2v) is 5.29. The highest BCUT2D eigenvalue weighted by atomic mass is 16.5. The van der Waals surface area contributed by atoms with Crippen molar-refractivity contribution in [3.8, 4) is 6.07 Å². The van der Waals surface area contributed by atoms with E-state index < -0.39 is 5.97 Å². The Kier molecular flexibility index (Phi) is 6.09. The molecular formula is C19H18N2O3. The molecule has 0 aliphatic rings. The molecule has 0 unspecified atom stereocenters. The van der Waals surface area contributed by atoms with Crippen molar-refractivity contribution in [2.45, 2.75) is 13.3 Å². The van der Waals surface area contributed by atoms with Crippen LogP contribution in [0, 0.1) is 18.3 Å². The molecule has 24 heavy (non-hydrogen) atoms. The van der Waals surface area contributed by atoms with Crippen molar-refractivity contribution in [3.63, 3.8) is 0 Å². The molecule has 122 valence electrons. The third-order valence-electron chi connectivity index (χ3n) is 3.56. The van der Waals surface area contributed by atoms with Gasteiger partial charge in [-0.05, 0) is 48.7 Å². The van der Waals surface area contributed by atoms with Gasteiger partial charge in [-0.15, -0.1) is 0 Å². The number of nitriles is 1. The number of ether oxygens (including phenoxy) is 1. The molecule has 0 fully saturated rings. The summed E-state index contributed by atoms with van der Waals surface area (Å²) in [5.41, 5.74) is 3.12. The molecule has 0 bridgehead atoms. The largest absolute Gasteiger partial charge is 0.452 e. The first-order chi connectivity index (χ1) is 11.6. The highest BCUT2D eigenvalue weighted by Gasteiger charge is 2.10. The molecule has 0 heterocycles. The fourth-order valence-electron chi connectivity index (χ4n) is 2.17. The van der Waals surface area contributed by atoms with E-state index in [4.69, 9.17) is 10.00 Å². The van der Waals surface area contributed by atoms with Gasteiger partial charge in [0.25, 0.3) is 5.91 Å². The summed E-state index contributed by atoms with van der Waals surface area (Å²) in [4.78, 5) is 23.5. The molecule has 0 aromatic heterocycles. The highest BCUT2D eigenvalue weighted by Crippen LogP contribution is 2.07. The van der Waals surface area contributed by atoms with Gasteiger partial charge in [-0.25, -0.2) is 4.79 Å². The zero-order valence-electron chi connectivity index (χ0n) is 13.4. The normalized spacial score (nSPS) is 9.83. The summed E-state index contributed by atoms with van der Waals surface area (Å²) in [6.45, 7) is 2.18. The van der Waals surface area contributed by atoms with E-state index in [0.717, 1.165) is 6.42 Å². The van der Waals surface area contributed by atoms with E-state index in [0.29, 0.717) is 17.7 Å². The molecular weight excluding hydrogens is 304 g/mol. The van der Waals surface area contributed by atoms with Crippen LogP contribution in [-0.2, 0) is 16.0 Å². The van der Waals surface area contributed by atoms with Gasteiger partial charge in [-0.1, -0.05) is 24.3 Å². The molecule has 1 amide bonds. The number of aryl methyl sites for hydroxylation is 1. The number of esters is 1. The third-order valence-corrected chi connectivity index (χ3v) is 3.56. The molecule has 2 rings (SSSR count). The fraction of sp³-hybridized carbons (Fsp3) is 0.211. The summed E-state index contributed by atoms with van der Waals surface area (Å²) in [5.74, 6) is -0.931. The lowest BCUT2D eigenvalue weighted by molar-refractivity contribution is -0.124. The SMILES string of the molecule is Cc1ccccc1CCNC(=O)COC(=O)c1ccc(C#N)cc1. The van der Waals surface area contributed by atoms with Crippen molar-refractivity contribution < 1.29 is 14.3 Å². The Morgan fingerprint density at radius 2 is 1.83 bits per heavy atom. The summed E-state index contributed by atoms with van der Waals surface area (Å²) < 4.78 is 4.96. The minimum atomic E-state index is -0.589. The van der Waals surface area contributed by atoms with Gasteiger partial charge in [0, 0.05) is 6.54 Å². The van der Waals surface area contributed by atoms with Gasteiger partial charge in [-0.2, -0.15) is 5.26 Å². The average molecular weight is 322 g/mol. The molecule has 5 nitrogen and oxygen atoms in total. The van der Waals surface area contributed by atoms with E-state index >= 15 is 0 Å². The minimum absolute atomic E-state index is 0.307. The number of benzene rings is 2. The topological polar surface area (TPSA) is 79.2 Å². The van der Waals surface area contributed by atoms with Crippen molar-refractivity contribution in [2.75, 3.05) is 13.2 Å². The second-order valence-electron chi connectivity index (χ2n) is 5.29. The van der Waals surface area contributed by atoms with Gasteiger partial charge in [0.05, 0.1) is 17.2 Å². The Morgan fingerprint density at radius 3 is 2.50 bits per heavy atom. The summed E-state index contributed by atoms with van der Waals surface area (Å²) in [6, 6.07) is 16.0. The Labute approximate surface area is 140 Å². The number of nitrogens with one attached hydrogen (secondary N) is 1. The van der Waals surface area contributed by atoms with Crippen LogP contribution in [0.2, 0.25) is 0 Å². The number of carbonyl (C=O) groups is 2. The van der Waals surface area contributed by atoms with E-state index in [9.17, 15) is 9.59 Å². The zero-order valence-corrected chi connectivity index (χ0v) is 13.4. The van der Waals surface area contributed by atoms with E-state index in [1.807, 2.05) is 37.3 Å². The third kappa shape index (κ3) is 4.96. The summed E-state index contributed by atoms with van der Waals surface area (Å²) in [5, 5.41) is 11.4. The van der Waals surface area contributed by atoms with Crippen molar-refractivity contribution in [1.29, 1.82) is 5.26 Å². The van der Waals surface area contributed by atoms with Crippen LogP contribution in [0.4, 0.5) is 0 Å². The van der Waals surface area contributed by atoms with Crippen LogP contribution in [0.5, 0.6) is 0 Å². The van der Waals surface area contributed by atoms with Crippen LogP contribution in [0.15, 0.2) is 48.5 Å². The Bertz CT molecular complexity index is 761. The zero-order chi connectivity index (χ0) is 17.4. The second kappa shape index (κ2) is 8.49. The first-order valence-electron chi connectivity index (χ1n) is 7.58. The maximum atomic E-state index is 11.8. The molecule has 1 N–H and O–H groups in total. The maximum Gasteiger partial charge on any atom is 0.338 e. The maximum absolute atomic E-state index is 11.8. The predicted molar refractivity (Wildman–Crippen MR) is 89.3 cm³/mol. The minimum Gasteiger partial charge on any atom is -0.452 e. The molecule has 0 saturated heterocycles. The van der Waals surface area contributed by atoms with Crippen LogP contribution < -0.4 is 5.32 Å². The quantitative estimate of drug-likeness (QED) is 0.828. The molecule has 0 spiro atoms. The van der Waals surface area contributed by atoms with E-state index in [-0.39, 0.29) is 12.5 Å².